The minimum Gasteiger partial charge on any atom is -0.494 e. The zero-order valence-electron chi connectivity index (χ0n) is 13.5. The molecule has 1 aliphatic rings. The van der Waals surface area contributed by atoms with Crippen LogP contribution in [0.3, 0.4) is 0 Å². The first-order valence-corrected chi connectivity index (χ1v) is 8.93. The molecular formula is C20H19BrO3. The van der Waals surface area contributed by atoms with E-state index in [1.165, 1.54) is 12.8 Å². The first-order valence-electron chi connectivity index (χ1n) is 8.14. The number of Topliss-reactive ketones (excluding diaryl/α,β-unsaturated/α-hetero) is 1. The van der Waals surface area contributed by atoms with Gasteiger partial charge >= 0.3 is 0 Å². The number of rotatable bonds is 6. The Hall–Kier alpha value is -2.07. The largest absolute Gasteiger partial charge is 0.494 e. The van der Waals surface area contributed by atoms with Crippen molar-refractivity contribution < 1.29 is 14.3 Å². The molecule has 4 heteroatoms. The second-order valence-electron chi connectivity index (χ2n) is 5.70. The highest BCUT2D eigenvalue weighted by Gasteiger charge is 2.27. The summed E-state index contributed by atoms with van der Waals surface area (Å²) in [6.45, 7) is 2.91. The normalized spacial score (nSPS) is 14.6. The Kier molecular flexibility index (Phi) is 5.36. The number of halogens is 1. The van der Waals surface area contributed by atoms with E-state index in [-0.39, 0.29) is 5.78 Å². The topological polar surface area (TPSA) is 35.5 Å². The number of hydrogen-bond acceptors (Lipinski definition) is 3. The maximum atomic E-state index is 12.4. The maximum absolute atomic E-state index is 12.4. The minimum atomic E-state index is -0.0915. The van der Waals surface area contributed by atoms with Crippen molar-refractivity contribution in [3.05, 3.63) is 63.8 Å². The Morgan fingerprint density at radius 1 is 1.12 bits per heavy atom. The monoisotopic (exact) mass is 386 g/mol. The van der Waals surface area contributed by atoms with Gasteiger partial charge in [-0.05, 0) is 48.4 Å². The van der Waals surface area contributed by atoms with E-state index in [1.807, 2.05) is 30.3 Å². The number of hydrogen-bond donors (Lipinski definition) is 0. The van der Waals surface area contributed by atoms with Crippen LogP contribution in [0, 0.1) is 0 Å². The van der Waals surface area contributed by atoms with Crippen molar-refractivity contribution in [3.8, 4) is 11.5 Å². The second-order valence-corrected chi connectivity index (χ2v) is 6.62. The molecule has 2 aromatic carbocycles. The summed E-state index contributed by atoms with van der Waals surface area (Å²) >= 11 is 3.38. The lowest BCUT2D eigenvalue weighted by atomic mass is 10.1. The first kappa shape index (κ1) is 16.8. The summed E-state index contributed by atoms with van der Waals surface area (Å²) in [5, 5.41) is 0. The maximum Gasteiger partial charge on any atom is 0.232 e. The summed E-state index contributed by atoms with van der Waals surface area (Å²) in [4.78, 5) is 12.4. The molecule has 0 aliphatic carbocycles. The Morgan fingerprint density at radius 3 is 2.67 bits per heavy atom. The third-order valence-corrected chi connectivity index (χ3v) is 4.32. The van der Waals surface area contributed by atoms with E-state index in [9.17, 15) is 4.79 Å². The van der Waals surface area contributed by atoms with Crippen LogP contribution in [0.25, 0.3) is 6.08 Å². The van der Waals surface area contributed by atoms with E-state index in [4.69, 9.17) is 9.47 Å². The molecule has 0 unspecified atom stereocenters. The Labute approximate surface area is 150 Å². The lowest BCUT2D eigenvalue weighted by molar-refractivity contribution is 0.101. The van der Waals surface area contributed by atoms with Gasteiger partial charge in [-0.3, -0.25) is 4.79 Å². The number of carbonyl (C=O) groups excluding carboxylic acids is 1. The number of benzene rings is 2. The van der Waals surface area contributed by atoms with Crippen molar-refractivity contribution >= 4 is 27.8 Å². The van der Waals surface area contributed by atoms with Crippen LogP contribution in [0.4, 0.5) is 0 Å². The summed E-state index contributed by atoms with van der Waals surface area (Å²) in [5.41, 5.74) is 1.50. The van der Waals surface area contributed by atoms with Crippen LogP contribution >= 0.6 is 15.9 Å². The van der Waals surface area contributed by atoms with Gasteiger partial charge < -0.3 is 9.47 Å². The van der Waals surface area contributed by atoms with E-state index in [2.05, 4.69) is 22.9 Å². The number of allylic oxidation sites excluding steroid dienone is 1. The lowest BCUT2D eigenvalue weighted by Gasteiger charge is -2.06. The molecule has 0 N–H and O–H groups in total. The molecule has 0 radical (unpaired) electrons. The fraction of sp³-hybridized carbons (Fsp3) is 0.250. The molecule has 24 heavy (non-hydrogen) atoms. The molecule has 0 saturated carbocycles. The van der Waals surface area contributed by atoms with Crippen LogP contribution in [0.5, 0.6) is 11.5 Å². The standard InChI is InChI=1S/C20H19BrO3/c1-2-3-4-11-23-16-8-5-14(6-9-16)12-19-20(22)17-13-15(21)7-10-18(17)24-19/h5-10,12-13H,2-4,11H2,1H3/b19-12-. The third-order valence-electron chi connectivity index (χ3n) is 3.82. The molecule has 0 atom stereocenters. The van der Waals surface area contributed by atoms with Crippen molar-refractivity contribution in [2.24, 2.45) is 0 Å². The number of ether oxygens (including phenoxy) is 2. The molecule has 124 valence electrons. The van der Waals surface area contributed by atoms with E-state index in [0.29, 0.717) is 17.1 Å². The number of unbranched alkanes of at least 4 members (excludes halogenated alkanes) is 2. The lowest BCUT2D eigenvalue weighted by Crippen LogP contribution is -1.98. The van der Waals surface area contributed by atoms with Crippen molar-refractivity contribution in [2.45, 2.75) is 26.2 Å². The molecule has 3 nitrogen and oxygen atoms in total. The zero-order valence-corrected chi connectivity index (χ0v) is 15.1. The minimum absolute atomic E-state index is 0.0915. The Bertz CT molecular complexity index is 763. The van der Waals surface area contributed by atoms with Crippen LogP contribution in [0.1, 0.15) is 42.1 Å². The van der Waals surface area contributed by atoms with Crippen LogP contribution in [0.2, 0.25) is 0 Å². The van der Waals surface area contributed by atoms with Gasteiger partial charge in [0.2, 0.25) is 5.78 Å². The van der Waals surface area contributed by atoms with Gasteiger partial charge in [0.15, 0.2) is 5.76 Å². The quantitative estimate of drug-likeness (QED) is 0.476. The summed E-state index contributed by atoms with van der Waals surface area (Å²) in [7, 11) is 0. The van der Waals surface area contributed by atoms with Gasteiger partial charge in [0.1, 0.15) is 11.5 Å². The van der Waals surface area contributed by atoms with Gasteiger partial charge in [-0.15, -0.1) is 0 Å². The smallest absolute Gasteiger partial charge is 0.232 e. The molecule has 0 bridgehead atoms. The average molecular weight is 387 g/mol. The van der Waals surface area contributed by atoms with Crippen molar-refractivity contribution in [3.63, 3.8) is 0 Å². The molecule has 0 spiro atoms. The van der Waals surface area contributed by atoms with E-state index in [1.54, 1.807) is 18.2 Å². The highest BCUT2D eigenvalue weighted by atomic mass is 79.9. The van der Waals surface area contributed by atoms with Gasteiger partial charge in [-0.25, -0.2) is 0 Å². The highest BCUT2D eigenvalue weighted by molar-refractivity contribution is 9.10. The van der Waals surface area contributed by atoms with Gasteiger partial charge in [0, 0.05) is 4.47 Å². The number of fused-ring (bicyclic) bond motifs is 1. The summed E-state index contributed by atoms with van der Waals surface area (Å²) in [5.74, 6) is 1.70. The van der Waals surface area contributed by atoms with Crippen molar-refractivity contribution in [2.75, 3.05) is 6.61 Å². The molecule has 0 fully saturated rings. The second kappa shape index (κ2) is 7.67. The SMILES string of the molecule is CCCCCOc1ccc(/C=C2\Oc3ccc(Br)cc3C2=O)cc1. The number of carbonyl (C=O) groups is 1. The van der Waals surface area contributed by atoms with Crippen LogP contribution in [0.15, 0.2) is 52.7 Å². The predicted molar refractivity (Wildman–Crippen MR) is 98.5 cm³/mol. The van der Waals surface area contributed by atoms with Gasteiger partial charge in [0.05, 0.1) is 12.2 Å². The summed E-state index contributed by atoms with van der Waals surface area (Å²) < 4.78 is 12.2. The molecule has 0 saturated heterocycles. The third kappa shape index (κ3) is 3.88. The van der Waals surface area contributed by atoms with E-state index >= 15 is 0 Å². The van der Waals surface area contributed by atoms with E-state index in [0.717, 1.165) is 28.8 Å². The highest BCUT2D eigenvalue weighted by Crippen LogP contribution is 2.33. The van der Waals surface area contributed by atoms with Crippen LogP contribution in [-0.2, 0) is 0 Å². The molecule has 2 aromatic rings. The fourth-order valence-electron chi connectivity index (χ4n) is 2.51. The fourth-order valence-corrected chi connectivity index (χ4v) is 2.88. The first-order chi connectivity index (χ1) is 11.7. The van der Waals surface area contributed by atoms with Crippen LogP contribution < -0.4 is 9.47 Å². The predicted octanol–water partition coefficient (Wildman–Crippen LogP) is 5.63. The number of ketones is 1. The zero-order chi connectivity index (χ0) is 16.9. The van der Waals surface area contributed by atoms with Crippen molar-refractivity contribution in [1.29, 1.82) is 0 Å². The van der Waals surface area contributed by atoms with Crippen molar-refractivity contribution in [1.82, 2.24) is 0 Å². The van der Waals surface area contributed by atoms with E-state index < -0.39 is 0 Å². The molecule has 1 heterocycles. The van der Waals surface area contributed by atoms with Gasteiger partial charge in [0.25, 0.3) is 0 Å². The molecule has 0 amide bonds. The Morgan fingerprint density at radius 2 is 1.92 bits per heavy atom. The molecule has 1 aliphatic heterocycles. The van der Waals surface area contributed by atoms with Gasteiger partial charge in [-0.1, -0.05) is 47.8 Å². The molecule has 3 rings (SSSR count). The molecule has 0 aromatic heterocycles. The Balaban J connectivity index is 1.68. The summed E-state index contributed by atoms with van der Waals surface area (Å²) in [6.07, 6.45) is 5.19. The van der Waals surface area contributed by atoms with Gasteiger partial charge in [-0.2, -0.15) is 0 Å². The average Bonchev–Trinajstić information content (AvgIpc) is 2.89. The van der Waals surface area contributed by atoms with Crippen LogP contribution in [-0.4, -0.2) is 12.4 Å². The molecular weight excluding hydrogens is 368 g/mol. The summed E-state index contributed by atoms with van der Waals surface area (Å²) in [6, 6.07) is 13.1.